The Bertz CT molecular complexity index is 68.0. The summed E-state index contributed by atoms with van der Waals surface area (Å²) >= 11 is 16.6. The molecular weight excluding hydrogens is 209 g/mol. The minimum atomic E-state index is -0.182. The van der Waals surface area contributed by atoms with Crippen LogP contribution in [0.15, 0.2) is 0 Å². The molecule has 0 aromatic heterocycles. The van der Waals surface area contributed by atoms with E-state index in [-0.39, 0.29) is 4.84 Å². The van der Waals surface area contributed by atoms with Crippen LogP contribution in [-0.2, 0) is 0 Å². The summed E-state index contributed by atoms with van der Waals surface area (Å²) in [5.41, 5.74) is 0. The van der Waals surface area contributed by atoms with Gasteiger partial charge in [-0.05, 0) is 26.9 Å². The molecule has 0 aromatic rings. The Labute approximate surface area is 79.2 Å². The number of unbranched alkanes of at least 4 members (excludes halogenated alkanes) is 2. The van der Waals surface area contributed by atoms with E-state index in [1.165, 1.54) is 12.8 Å². The highest BCUT2D eigenvalue weighted by atomic mass is 35.7. The van der Waals surface area contributed by atoms with Crippen LogP contribution >= 0.6 is 42.4 Å². The van der Waals surface area contributed by atoms with Crippen molar-refractivity contribution in [1.29, 1.82) is 0 Å². The molecule has 4 heteroatoms. The van der Waals surface area contributed by atoms with Crippen LogP contribution < -0.4 is 0 Å². The third kappa shape index (κ3) is 9.30. The fourth-order valence-electron chi connectivity index (χ4n) is 0.667. The van der Waals surface area contributed by atoms with Gasteiger partial charge in [0.05, 0.1) is 0 Å². The fraction of sp³-hybridized carbons (Fsp3) is 1.00. The van der Waals surface area contributed by atoms with Gasteiger partial charge >= 0.3 is 0 Å². The monoisotopic (exact) mass is 220 g/mol. The lowest BCUT2D eigenvalue weighted by Gasteiger charge is -1.99. The van der Waals surface area contributed by atoms with Crippen molar-refractivity contribution in [3.05, 3.63) is 0 Å². The van der Waals surface area contributed by atoms with E-state index in [0.717, 1.165) is 19.0 Å². The molecule has 0 amide bonds. The van der Waals surface area contributed by atoms with Crippen LogP contribution in [0.25, 0.3) is 0 Å². The SMILES string of the molecule is ClPCCCCCC(Cl)Cl. The predicted molar refractivity (Wildman–Crippen MR) is 53.0 cm³/mol. The Morgan fingerprint density at radius 3 is 2.30 bits per heavy atom. The van der Waals surface area contributed by atoms with Gasteiger partial charge < -0.3 is 0 Å². The van der Waals surface area contributed by atoms with Crippen molar-refractivity contribution in [3.63, 3.8) is 0 Å². The van der Waals surface area contributed by atoms with Gasteiger partial charge in [0.15, 0.2) is 0 Å². The number of alkyl halides is 2. The fourth-order valence-corrected chi connectivity index (χ4v) is 1.76. The predicted octanol–water partition coefficient (Wildman–Crippen LogP) is 4.18. The molecule has 0 saturated carbocycles. The van der Waals surface area contributed by atoms with Gasteiger partial charge in [-0.1, -0.05) is 12.8 Å². The smallest absolute Gasteiger partial charge is 0.105 e. The van der Waals surface area contributed by atoms with Crippen LogP contribution in [0.5, 0.6) is 0 Å². The summed E-state index contributed by atoms with van der Waals surface area (Å²) in [6, 6.07) is 0. The summed E-state index contributed by atoms with van der Waals surface area (Å²) in [6.45, 7) is 0. The van der Waals surface area contributed by atoms with Crippen LogP contribution in [-0.4, -0.2) is 11.0 Å². The lowest BCUT2D eigenvalue weighted by molar-refractivity contribution is 0.696. The molecule has 0 spiro atoms. The van der Waals surface area contributed by atoms with Crippen LogP contribution in [0.4, 0.5) is 0 Å². The van der Waals surface area contributed by atoms with E-state index in [1.807, 2.05) is 0 Å². The Balaban J connectivity index is 2.77. The van der Waals surface area contributed by atoms with Crippen LogP contribution in [0.1, 0.15) is 25.7 Å². The van der Waals surface area contributed by atoms with E-state index in [4.69, 9.17) is 34.4 Å². The Hall–Kier alpha value is 1.30. The summed E-state index contributed by atoms with van der Waals surface area (Å²) < 4.78 is 0. The first-order valence-corrected chi connectivity index (χ1v) is 6.48. The van der Waals surface area contributed by atoms with Crippen molar-refractivity contribution in [3.8, 4) is 0 Å². The molecule has 0 fully saturated rings. The lowest BCUT2D eigenvalue weighted by atomic mass is 10.2. The molecule has 0 aromatic carbocycles. The minimum Gasteiger partial charge on any atom is -0.105 e. The van der Waals surface area contributed by atoms with Gasteiger partial charge in [0.25, 0.3) is 0 Å². The first kappa shape index (κ1) is 11.3. The Kier molecular flexibility index (Phi) is 9.49. The van der Waals surface area contributed by atoms with Gasteiger partial charge in [0.1, 0.15) is 4.84 Å². The summed E-state index contributed by atoms with van der Waals surface area (Å²) in [6.07, 6.45) is 5.59. The highest BCUT2D eigenvalue weighted by molar-refractivity contribution is 7.68. The standard InChI is InChI=1S/C6H12Cl3P/c7-6(8)4-2-1-3-5-10-9/h6,10H,1-5H2. The zero-order chi connectivity index (χ0) is 7.82. The average molecular weight is 221 g/mol. The van der Waals surface area contributed by atoms with Crippen LogP contribution in [0.3, 0.4) is 0 Å². The van der Waals surface area contributed by atoms with Gasteiger partial charge in [0.2, 0.25) is 0 Å². The van der Waals surface area contributed by atoms with Gasteiger partial charge in [-0.25, -0.2) is 0 Å². The second-order valence-corrected chi connectivity index (χ2v) is 4.97. The van der Waals surface area contributed by atoms with E-state index in [1.54, 1.807) is 0 Å². The van der Waals surface area contributed by atoms with E-state index >= 15 is 0 Å². The normalized spacial score (nSPS) is 12.0. The van der Waals surface area contributed by atoms with Gasteiger partial charge in [-0.15, -0.1) is 34.4 Å². The third-order valence-corrected chi connectivity index (χ3v) is 2.74. The molecule has 10 heavy (non-hydrogen) atoms. The van der Waals surface area contributed by atoms with Crippen LogP contribution in [0.2, 0.25) is 0 Å². The van der Waals surface area contributed by atoms with E-state index in [2.05, 4.69) is 0 Å². The van der Waals surface area contributed by atoms with Gasteiger partial charge in [-0.3, -0.25) is 0 Å². The largest absolute Gasteiger partial charge is 0.107 e. The first-order valence-electron chi connectivity index (χ1n) is 3.39. The van der Waals surface area contributed by atoms with Gasteiger partial charge in [-0.2, -0.15) is 0 Å². The second-order valence-electron chi connectivity index (χ2n) is 2.12. The molecule has 0 rings (SSSR count). The van der Waals surface area contributed by atoms with E-state index < -0.39 is 0 Å². The molecular formula is C6H12Cl3P. The second kappa shape index (κ2) is 8.40. The van der Waals surface area contributed by atoms with Crippen molar-refractivity contribution < 1.29 is 0 Å². The topological polar surface area (TPSA) is 0 Å². The summed E-state index contributed by atoms with van der Waals surface area (Å²) in [4.78, 5) is -0.182. The van der Waals surface area contributed by atoms with Crippen molar-refractivity contribution in [2.75, 3.05) is 6.16 Å². The Morgan fingerprint density at radius 1 is 1.10 bits per heavy atom. The van der Waals surface area contributed by atoms with Crippen molar-refractivity contribution in [1.82, 2.24) is 0 Å². The summed E-state index contributed by atoms with van der Waals surface area (Å²) in [5, 5.41) is 0. The molecule has 0 saturated heterocycles. The zero-order valence-electron chi connectivity index (χ0n) is 5.75. The molecule has 0 nitrogen and oxygen atoms in total. The number of hydrogen-bond acceptors (Lipinski definition) is 0. The van der Waals surface area contributed by atoms with Gasteiger partial charge in [0, 0.05) is 0 Å². The number of halogens is 3. The maximum Gasteiger partial charge on any atom is 0.107 e. The number of hydrogen-bond donors (Lipinski definition) is 0. The van der Waals surface area contributed by atoms with E-state index in [0.29, 0.717) is 7.93 Å². The van der Waals surface area contributed by atoms with Crippen molar-refractivity contribution >= 4 is 42.4 Å². The van der Waals surface area contributed by atoms with Crippen molar-refractivity contribution in [2.24, 2.45) is 0 Å². The third-order valence-electron chi connectivity index (χ3n) is 1.19. The minimum absolute atomic E-state index is 0.182. The molecule has 0 aliphatic rings. The maximum atomic E-state index is 5.53. The zero-order valence-corrected chi connectivity index (χ0v) is 9.01. The highest BCUT2D eigenvalue weighted by Crippen LogP contribution is 2.19. The quantitative estimate of drug-likeness (QED) is 0.358. The lowest BCUT2D eigenvalue weighted by Crippen LogP contribution is -1.86. The molecule has 1 atom stereocenters. The molecule has 0 N–H and O–H groups in total. The molecule has 0 aliphatic carbocycles. The summed E-state index contributed by atoms with van der Waals surface area (Å²) in [7, 11) is 0.570. The maximum absolute atomic E-state index is 5.53. The molecule has 0 radical (unpaired) electrons. The average Bonchev–Trinajstić information content (AvgIpc) is 1.87. The molecule has 0 bridgehead atoms. The van der Waals surface area contributed by atoms with E-state index in [9.17, 15) is 0 Å². The molecule has 1 unspecified atom stereocenters. The van der Waals surface area contributed by atoms with Crippen molar-refractivity contribution in [2.45, 2.75) is 30.5 Å². The summed E-state index contributed by atoms with van der Waals surface area (Å²) in [5.74, 6) is 0. The molecule has 0 aliphatic heterocycles. The van der Waals surface area contributed by atoms with Crippen LogP contribution in [0, 0.1) is 0 Å². The molecule has 0 heterocycles. The number of rotatable bonds is 6. The molecule has 62 valence electrons. The highest BCUT2D eigenvalue weighted by Gasteiger charge is 1.96. The first-order chi connectivity index (χ1) is 4.77. The Morgan fingerprint density at radius 2 is 1.80 bits per heavy atom.